The highest BCUT2D eigenvalue weighted by Crippen LogP contribution is 2.32. The molecule has 0 radical (unpaired) electrons. The minimum absolute atomic E-state index is 0.166. The van der Waals surface area contributed by atoms with Crippen LogP contribution in [0.1, 0.15) is 30.1 Å². The van der Waals surface area contributed by atoms with Crippen LogP contribution in [-0.2, 0) is 0 Å². The van der Waals surface area contributed by atoms with Crippen LogP contribution in [0.15, 0.2) is 18.2 Å². The lowest BCUT2D eigenvalue weighted by Gasteiger charge is -2.32. The minimum atomic E-state index is -1.40. The lowest BCUT2D eigenvalue weighted by Crippen LogP contribution is -2.34. The number of anilines is 1. The molecule has 1 aromatic rings. The van der Waals surface area contributed by atoms with E-state index in [1.165, 1.54) is 12.1 Å². The van der Waals surface area contributed by atoms with Crippen molar-refractivity contribution in [3.8, 4) is 0 Å². The van der Waals surface area contributed by atoms with Crippen molar-refractivity contribution in [2.75, 3.05) is 18.0 Å². The normalized spacial score (nSPS) is 19.2. The summed E-state index contributed by atoms with van der Waals surface area (Å²) in [6.45, 7) is 3.62. The average molecular weight is 263 g/mol. The summed E-state index contributed by atoms with van der Waals surface area (Å²) in [5.74, 6) is -0.921. The third-order valence-corrected chi connectivity index (χ3v) is 3.41. The highest BCUT2D eigenvalue weighted by molar-refractivity contribution is 5.88. The Morgan fingerprint density at radius 2 is 2.21 bits per heavy atom. The Bertz CT molecular complexity index is 515. The highest BCUT2D eigenvalue weighted by atomic mass is 16.6. The summed E-state index contributed by atoms with van der Waals surface area (Å²) in [5, 5.41) is 21.9. The zero-order valence-corrected chi connectivity index (χ0v) is 10.7. The molecule has 2 rings (SSSR count). The monoisotopic (exact) mass is 263 g/mol. The number of aromatic carboxylic acids is 1. The summed E-state index contributed by atoms with van der Waals surface area (Å²) in [6.07, 6.45) is 2.10. The number of rotatable bonds is 3. The number of piperidine rings is 1. The van der Waals surface area contributed by atoms with Gasteiger partial charge in [0.05, 0.1) is 10.9 Å². The van der Waals surface area contributed by atoms with E-state index in [4.69, 9.17) is 0 Å². The van der Waals surface area contributed by atoms with E-state index in [0.717, 1.165) is 32.0 Å². The Balaban J connectivity index is 2.38. The van der Waals surface area contributed by atoms with Crippen LogP contribution in [0.5, 0.6) is 0 Å². The molecule has 1 saturated heterocycles. The molecule has 6 heteroatoms. The Hall–Kier alpha value is -2.11. The second-order valence-corrected chi connectivity index (χ2v) is 4.94. The van der Waals surface area contributed by atoms with E-state index in [1.54, 1.807) is 0 Å². The predicted molar refractivity (Wildman–Crippen MR) is 68.0 cm³/mol. The Morgan fingerprint density at radius 1 is 1.47 bits per heavy atom. The van der Waals surface area contributed by atoms with E-state index in [9.17, 15) is 20.0 Å². The van der Waals surface area contributed by atoms with E-state index in [2.05, 4.69) is 6.92 Å². The quantitative estimate of drug-likeness (QED) is 0.604. The van der Waals surface area contributed by atoms with Crippen LogP contribution >= 0.6 is 0 Å². The molecule has 0 aliphatic carbocycles. The van der Waals surface area contributed by atoms with Gasteiger partial charge in [0.2, 0.25) is 0 Å². The number of hydrogen-bond acceptors (Lipinski definition) is 5. The zero-order chi connectivity index (χ0) is 14.0. The van der Waals surface area contributed by atoms with Gasteiger partial charge in [0.25, 0.3) is 5.69 Å². The van der Waals surface area contributed by atoms with Crippen LogP contribution in [-0.4, -0.2) is 24.0 Å². The molecule has 1 fully saturated rings. The molecule has 1 aromatic carbocycles. The van der Waals surface area contributed by atoms with Gasteiger partial charge in [0, 0.05) is 24.7 Å². The molecule has 1 aliphatic rings. The smallest absolute Gasteiger partial charge is 0.293 e. The van der Waals surface area contributed by atoms with Gasteiger partial charge in [0.15, 0.2) is 0 Å². The van der Waals surface area contributed by atoms with Gasteiger partial charge in [-0.1, -0.05) is 13.0 Å². The first-order chi connectivity index (χ1) is 8.99. The third kappa shape index (κ3) is 2.83. The van der Waals surface area contributed by atoms with Gasteiger partial charge in [-0.25, -0.2) is 0 Å². The molecular formula is C13H15N2O4-. The Kier molecular flexibility index (Phi) is 3.69. The SMILES string of the molecule is C[C@@H]1CCCN(c2ccc(C(=O)[O-])cc2[N+](=O)[O-])C1. The van der Waals surface area contributed by atoms with Crippen molar-refractivity contribution in [3.05, 3.63) is 33.9 Å². The molecule has 19 heavy (non-hydrogen) atoms. The summed E-state index contributed by atoms with van der Waals surface area (Å²) in [4.78, 5) is 23.3. The van der Waals surface area contributed by atoms with Gasteiger partial charge in [-0.15, -0.1) is 0 Å². The van der Waals surface area contributed by atoms with Crippen molar-refractivity contribution in [2.24, 2.45) is 5.92 Å². The van der Waals surface area contributed by atoms with E-state index in [-0.39, 0.29) is 11.3 Å². The first-order valence-electron chi connectivity index (χ1n) is 6.23. The van der Waals surface area contributed by atoms with Crippen LogP contribution in [0, 0.1) is 16.0 Å². The lowest BCUT2D eigenvalue weighted by molar-refractivity contribution is -0.384. The van der Waals surface area contributed by atoms with Gasteiger partial charge < -0.3 is 14.8 Å². The topological polar surface area (TPSA) is 86.5 Å². The van der Waals surface area contributed by atoms with E-state index >= 15 is 0 Å². The second-order valence-electron chi connectivity index (χ2n) is 4.94. The summed E-state index contributed by atoms with van der Waals surface area (Å²) < 4.78 is 0. The standard InChI is InChI=1S/C13H16N2O4/c1-9-3-2-6-14(8-9)11-5-4-10(13(16)17)7-12(11)15(18)19/h4-5,7,9H,2-3,6,8H2,1H3,(H,16,17)/p-1/t9-/m1/s1. The van der Waals surface area contributed by atoms with Crippen molar-refractivity contribution >= 4 is 17.3 Å². The van der Waals surface area contributed by atoms with Crippen molar-refractivity contribution in [1.82, 2.24) is 0 Å². The zero-order valence-electron chi connectivity index (χ0n) is 10.7. The molecule has 0 saturated carbocycles. The number of carbonyl (C=O) groups is 1. The fraction of sp³-hybridized carbons (Fsp3) is 0.462. The van der Waals surface area contributed by atoms with Crippen molar-refractivity contribution in [3.63, 3.8) is 0 Å². The summed E-state index contributed by atoms with van der Waals surface area (Å²) in [7, 11) is 0. The van der Waals surface area contributed by atoms with Crippen LogP contribution < -0.4 is 10.0 Å². The number of benzene rings is 1. The number of carboxylic acid groups (broad SMARTS) is 1. The number of nitrogens with zero attached hydrogens (tertiary/aromatic N) is 2. The number of carbonyl (C=O) groups excluding carboxylic acids is 1. The summed E-state index contributed by atoms with van der Waals surface area (Å²) in [6, 6.07) is 3.93. The average Bonchev–Trinajstić information content (AvgIpc) is 2.37. The first-order valence-corrected chi connectivity index (χ1v) is 6.23. The van der Waals surface area contributed by atoms with Crippen LogP contribution in [0.3, 0.4) is 0 Å². The Labute approximate surface area is 110 Å². The molecule has 1 atom stereocenters. The molecule has 0 N–H and O–H groups in total. The molecule has 0 aromatic heterocycles. The number of nitro groups is 1. The Morgan fingerprint density at radius 3 is 2.79 bits per heavy atom. The lowest BCUT2D eigenvalue weighted by atomic mass is 9.99. The highest BCUT2D eigenvalue weighted by Gasteiger charge is 2.24. The van der Waals surface area contributed by atoms with Gasteiger partial charge in [-0.2, -0.15) is 0 Å². The van der Waals surface area contributed by atoms with Gasteiger partial charge >= 0.3 is 0 Å². The summed E-state index contributed by atoms with van der Waals surface area (Å²) >= 11 is 0. The number of carboxylic acids is 1. The molecule has 6 nitrogen and oxygen atoms in total. The molecular weight excluding hydrogens is 248 g/mol. The van der Waals surface area contributed by atoms with Gasteiger partial charge in [-0.05, 0) is 24.8 Å². The van der Waals surface area contributed by atoms with E-state index < -0.39 is 10.9 Å². The summed E-state index contributed by atoms with van der Waals surface area (Å²) in [5.41, 5.74) is 0.151. The molecule has 0 bridgehead atoms. The predicted octanol–water partition coefficient (Wildman–Crippen LogP) is 1.19. The van der Waals surface area contributed by atoms with Gasteiger partial charge in [0.1, 0.15) is 5.69 Å². The first kappa shape index (κ1) is 13.3. The van der Waals surface area contributed by atoms with E-state index in [0.29, 0.717) is 11.6 Å². The molecule has 102 valence electrons. The second kappa shape index (κ2) is 5.26. The van der Waals surface area contributed by atoms with Crippen molar-refractivity contribution < 1.29 is 14.8 Å². The van der Waals surface area contributed by atoms with Crippen molar-refractivity contribution in [2.45, 2.75) is 19.8 Å². The fourth-order valence-electron chi connectivity index (χ4n) is 2.47. The van der Waals surface area contributed by atoms with Crippen LogP contribution in [0.4, 0.5) is 11.4 Å². The number of hydrogen-bond donors (Lipinski definition) is 0. The molecule has 0 spiro atoms. The number of nitro benzene ring substituents is 1. The largest absolute Gasteiger partial charge is 0.545 e. The van der Waals surface area contributed by atoms with Gasteiger partial charge in [-0.3, -0.25) is 10.1 Å². The van der Waals surface area contributed by atoms with Crippen molar-refractivity contribution in [1.29, 1.82) is 0 Å². The maximum Gasteiger partial charge on any atom is 0.293 e. The third-order valence-electron chi connectivity index (χ3n) is 3.41. The fourth-order valence-corrected chi connectivity index (χ4v) is 2.47. The maximum atomic E-state index is 11.1. The molecule has 1 aliphatic heterocycles. The minimum Gasteiger partial charge on any atom is -0.545 e. The molecule has 1 heterocycles. The van der Waals surface area contributed by atoms with E-state index in [1.807, 2.05) is 4.90 Å². The maximum absolute atomic E-state index is 11.1. The molecule has 0 amide bonds. The molecule has 0 unspecified atom stereocenters. The van der Waals surface area contributed by atoms with Crippen LogP contribution in [0.25, 0.3) is 0 Å². The van der Waals surface area contributed by atoms with Crippen LogP contribution in [0.2, 0.25) is 0 Å².